The summed E-state index contributed by atoms with van der Waals surface area (Å²) < 4.78 is 12.3. The SMILES string of the molecule is COc1cc(OC)cc(C(=O)C[n+]2cccc3cc[nH]c32)c1. The number of aromatic nitrogens is 2. The average Bonchev–Trinajstić information content (AvgIpc) is 3.04. The lowest BCUT2D eigenvalue weighted by atomic mass is 10.1. The molecule has 112 valence electrons. The number of nitrogens with zero attached hydrogens (tertiary/aromatic N) is 1. The summed E-state index contributed by atoms with van der Waals surface area (Å²) in [7, 11) is 3.13. The lowest BCUT2D eigenvalue weighted by molar-refractivity contribution is -0.658. The van der Waals surface area contributed by atoms with Gasteiger partial charge in [-0.1, -0.05) is 0 Å². The molecule has 0 bridgehead atoms. The second-order valence-corrected chi connectivity index (χ2v) is 4.94. The predicted molar refractivity (Wildman–Crippen MR) is 82.4 cm³/mol. The number of ether oxygens (including phenoxy) is 2. The number of pyridine rings is 1. The Balaban J connectivity index is 1.93. The van der Waals surface area contributed by atoms with Crippen LogP contribution in [0, 0.1) is 0 Å². The Morgan fingerprint density at radius 2 is 1.86 bits per heavy atom. The van der Waals surface area contributed by atoms with E-state index in [-0.39, 0.29) is 12.3 Å². The maximum Gasteiger partial charge on any atom is 0.286 e. The molecule has 0 atom stereocenters. The summed E-state index contributed by atoms with van der Waals surface area (Å²) in [5, 5.41) is 1.07. The van der Waals surface area contributed by atoms with Crippen LogP contribution in [0.4, 0.5) is 0 Å². The number of hydrogen-bond donors (Lipinski definition) is 1. The molecule has 0 saturated carbocycles. The number of carbonyl (C=O) groups excluding carboxylic acids is 1. The van der Waals surface area contributed by atoms with E-state index in [1.54, 1.807) is 32.4 Å². The van der Waals surface area contributed by atoms with Crippen molar-refractivity contribution in [3.8, 4) is 11.5 Å². The molecule has 1 N–H and O–H groups in total. The number of ketones is 1. The summed E-state index contributed by atoms with van der Waals surface area (Å²) in [5.41, 5.74) is 1.48. The van der Waals surface area contributed by atoms with Gasteiger partial charge < -0.3 is 9.47 Å². The number of Topliss-reactive ketones (excluding diaryl/α,β-unsaturated/α-hetero) is 1. The normalized spacial score (nSPS) is 10.6. The van der Waals surface area contributed by atoms with E-state index in [1.807, 2.05) is 35.2 Å². The van der Waals surface area contributed by atoms with Crippen molar-refractivity contribution in [2.45, 2.75) is 6.54 Å². The third kappa shape index (κ3) is 2.65. The number of fused-ring (bicyclic) bond motifs is 1. The summed E-state index contributed by atoms with van der Waals surface area (Å²) >= 11 is 0. The summed E-state index contributed by atoms with van der Waals surface area (Å²) in [6, 6.07) is 11.1. The Hall–Kier alpha value is -2.82. The highest BCUT2D eigenvalue weighted by molar-refractivity contribution is 5.96. The van der Waals surface area contributed by atoms with Crippen LogP contribution in [0.2, 0.25) is 0 Å². The van der Waals surface area contributed by atoms with E-state index in [0.717, 1.165) is 11.0 Å². The maximum atomic E-state index is 12.6. The number of rotatable bonds is 5. The van der Waals surface area contributed by atoms with E-state index in [9.17, 15) is 4.79 Å². The molecule has 0 aliphatic carbocycles. The number of nitrogens with one attached hydrogen (secondary N) is 1. The van der Waals surface area contributed by atoms with Crippen LogP contribution in [0.1, 0.15) is 10.4 Å². The van der Waals surface area contributed by atoms with Gasteiger partial charge in [0.15, 0.2) is 6.54 Å². The van der Waals surface area contributed by atoms with Crippen LogP contribution in [0.15, 0.2) is 48.8 Å². The fourth-order valence-electron chi connectivity index (χ4n) is 2.43. The van der Waals surface area contributed by atoms with Gasteiger partial charge in [-0.25, -0.2) is 9.55 Å². The number of H-pyrrole nitrogens is 1. The Labute approximate surface area is 128 Å². The molecule has 22 heavy (non-hydrogen) atoms. The lowest BCUT2D eigenvalue weighted by Gasteiger charge is -2.07. The quantitative estimate of drug-likeness (QED) is 0.581. The molecule has 3 aromatic rings. The zero-order valence-corrected chi connectivity index (χ0v) is 12.5. The second-order valence-electron chi connectivity index (χ2n) is 4.94. The van der Waals surface area contributed by atoms with Crippen molar-refractivity contribution in [2.24, 2.45) is 0 Å². The molecule has 3 rings (SSSR count). The number of aromatic amines is 1. The van der Waals surface area contributed by atoms with Gasteiger partial charge in [-0.05, 0) is 30.3 Å². The molecule has 5 nitrogen and oxygen atoms in total. The summed E-state index contributed by atoms with van der Waals surface area (Å²) in [5.74, 6) is 1.20. The van der Waals surface area contributed by atoms with Gasteiger partial charge in [0.05, 0.1) is 32.0 Å². The van der Waals surface area contributed by atoms with E-state index >= 15 is 0 Å². The van der Waals surface area contributed by atoms with Crippen molar-refractivity contribution >= 4 is 16.8 Å². The highest BCUT2D eigenvalue weighted by Gasteiger charge is 2.15. The number of methoxy groups -OCH3 is 2. The predicted octanol–water partition coefficient (Wildman–Crippen LogP) is 2.36. The first-order valence-electron chi connectivity index (χ1n) is 6.93. The molecule has 2 aromatic heterocycles. The van der Waals surface area contributed by atoms with Gasteiger partial charge in [-0.3, -0.25) is 4.79 Å². The Morgan fingerprint density at radius 1 is 1.14 bits per heavy atom. The highest BCUT2D eigenvalue weighted by atomic mass is 16.5. The molecule has 0 aliphatic rings. The van der Waals surface area contributed by atoms with Crippen LogP contribution >= 0.6 is 0 Å². The minimum atomic E-state index is -0.00991. The van der Waals surface area contributed by atoms with E-state index in [0.29, 0.717) is 17.1 Å². The first-order valence-corrected chi connectivity index (χ1v) is 6.93. The molecule has 2 heterocycles. The number of carbonyl (C=O) groups is 1. The van der Waals surface area contributed by atoms with E-state index in [2.05, 4.69) is 4.98 Å². The molecule has 0 saturated heterocycles. The van der Waals surface area contributed by atoms with Crippen molar-refractivity contribution in [3.05, 3.63) is 54.4 Å². The zero-order valence-electron chi connectivity index (χ0n) is 12.5. The maximum absolute atomic E-state index is 12.6. The van der Waals surface area contributed by atoms with E-state index in [4.69, 9.17) is 9.47 Å². The molecule has 5 heteroatoms. The third-order valence-corrected chi connectivity index (χ3v) is 3.57. The standard InChI is InChI=1S/C17H16N2O3/c1-21-14-8-13(9-15(10-14)22-2)16(20)11-19-7-3-4-12-5-6-18-17(12)19/h3-10H,11H2,1-2H3/p+1. The smallest absolute Gasteiger partial charge is 0.286 e. The average molecular weight is 297 g/mol. The van der Waals surface area contributed by atoms with Gasteiger partial charge >= 0.3 is 0 Å². The minimum Gasteiger partial charge on any atom is -0.497 e. The van der Waals surface area contributed by atoms with Gasteiger partial charge in [0.2, 0.25) is 5.78 Å². The molecule has 0 aliphatic heterocycles. The molecule has 0 unspecified atom stereocenters. The highest BCUT2D eigenvalue weighted by Crippen LogP contribution is 2.22. The van der Waals surface area contributed by atoms with Crippen LogP contribution in [-0.4, -0.2) is 25.0 Å². The van der Waals surface area contributed by atoms with Crippen molar-refractivity contribution < 1.29 is 18.8 Å². The van der Waals surface area contributed by atoms with E-state index < -0.39 is 0 Å². The lowest BCUT2D eigenvalue weighted by Crippen LogP contribution is -2.38. The first kappa shape index (κ1) is 14.1. The fourth-order valence-corrected chi connectivity index (χ4v) is 2.43. The van der Waals surface area contributed by atoms with Gasteiger partial charge in [0.25, 0.3) is 5.65 Å². The molecular weight excluding hydrogens is 280 g/mol. The van der Waals surface area contributed by atoms with Crippen LogP contribution in [0.3, 0.4) is 0 Å². The molecule has 1 aromatic carbocycles. The molecule has 0 amide bonds. The van der Waals surface area contributed by atoms with Gasteiger partial charge in [0.1, 0.15) is 11.5 Å². The molecule has 0 radical (unpaired) electrons. The van der Waals surface area contributed by atoms with Gasteiger partial charge in [-0.2, -0.15) is 0 Å². The molecule has 0 spiro atoms. The second kappa shape index (κ2) is 5.89. The fraction of sp³-hybridized carbons (Fsp3) is 0.176. The van der Waals surface area contributed by atoms with Crippen molar-refractivity contribution in [3.63, 3.8) is 0 Å². The Kier molecular flexibility index (Phi) is 3.78. The molecule has 0 fully saturated rings. The number of benzene rings is 1. The first-order chi connectivity index (χ1) is 10.7. The van der Waals surface area contributed by atoms with Crippen LogP contribution < -0.4 is 14.0 Å². The largest absolute Gasteiger partial charge is 0.497 e. The molecular formula is C17H17N2O3+. The van der Waals surface area contributed by atoms with Crippen LogP contribution in [0.5, 0.6) is 11.5 Å². The van der Waals surface area contributed by atoms with E-state index in [1.165, 1.54) is 0 Å². The van der Waals surface area contributed by atoms with Crippen LogP contribution in [0.25, 0.3) is 11.0 Å². The minimum absolute atomic E-state index is 0.00991. The monoisotopic (exact) mass is 297 g/mol. The van der Waals surface area contributed by atoms with Crippen molar-refractivity contribution in [1.82, 2.24) is 4.98 Å². The number of hydrogen-bond acceptors (Lipinski definition) is 3. The van der Waals surface area contributed by atoms with Gasteiger partial charge in [0, 0.05) is 11.6 Å². The zero-order chi connectivity index (χ0) is 15.5. The Morgan fingerprint density at radius 3 is 2.55 bits per heavy atom. The summed E-state index contributed by atoms with van der Waals surface area (Å²) in [6.07, 6.45) is 3.74. The summed E-state index contributed by atoms with van der Waals surface area (Å²) in [4.78, 5) is 15.7. The van der Waals surface area contributed by atoms with Crippen LogP contribution in [-0.2, 0) is 6.54 Å². The van der Waals surface area contributed by atoms with Crippen molar-refractivity contribution in [1.29, 1.82) is 0 Å². The summed E-state index contributed by atoms with van der Waals surface area (Å²) in [6.45, 7) is 0.244. The third-order valence-electron chi connectivity index (χ3n) is 3.57. The van der Waals surface area contributed by atoms with Crippen molar-refractivity contribution in [2.75, 3.05) is 14.2 Å². The topological polar surface area (TPSA) is 55.2 Å². The van der Waals surface area contributed by atoms with Gasteiger partial charge in [-0.15, -0.1) is 0 Å². The Bertz CT molecular complexity index is 801.